The highest BCUT2D eigenvalue weighted by Crippen LogP contribution is 2.21. The van der Waals surface area contributed by atoms with Crippen molar-refractivity contribution in [2.24, 2.45) is 0 Å². The number of nitrogens with zero attached hydrogens (tertiary/aromatic N) is 3. The van der Waals surface area contributed by atoms with Crippen LogP contribution in [0.2, 0.25) is 0 Å². The number of hydrogen-bond acceptors (Lipinski definition) is 4. The number of nitrogens with one attached hydrogen (secondary N) is 1. The fourth-order valence-electron chi connectivity index (χ4n) is 4.11. The van der Waals surface area contributed by atoms with Crippen molar-refractivity contribution in [2.45, 2.75) is 49.5 Å². The largest absolute Gasteiger partial charge is 0.312 e. The van der Waals surface area contributed by atoms with E-state index < -0.39 is 10.0 Å². The Balaban J connectivity index is 1.37. The minimum absolute atomic E-state index is 0.00409. The van der Waals surface area contributed by atoms with Crippen molar-refractivity contribution in [3.05, 3.63) is 78.9 Å². The third kappa shape index (κ3) is 6.01. The molecular weight excluding hydrogens is 448 g/mol. The van der Waals surface area contributed by atoms with E-state index in [-0.39, 0.29) is 16.8 Å². The fraction of sp³-hybridized carbons (Fsp3) is 0.308. The summed E-state index contributed by atoms with van der Waals surface area (Å²) in [6, 6.07) is 14.2. The highest BCUT2D eigenvalue weighted by molar-refractivity contribution is 7.89. The fourth-order valence-corrected chi connectivity index (χ4v) is 5.41. The number of imidazole rings is 1. The molecular formula is C26H30N4O3S. The summed E-state index contributed by atoms with van der Waals surface area (Å²) < 4.78 is 30.3. The van der Waals surface area contributed by atoms with Gasteiger partial charge in [0.25, 0.3) is 5.91 Å². The van der Waals surface area contributed by atoms with Crippen molar-refractivity contribution in [3.8, 4) is 5.69 Å². The number of carbonyl (C=O) groups excluding carboxylic acids is 1. The SMILES string of the molecule is CN(C(=O)/C=C/c1ccc(-n2ccnc2)cc1)c1ccc(S(=O)(=O)NC2CCCCCC2)cc1. The van der Waals surface area contributed by atoms with Crippen molar-refractivity contribution < 1.29 is 13.2 Å². The Labute approximate surface area is 201 Å². The molecule has 0 aliphatic heterocycles. The summed E-state index contributed by atoms with van der Waals surface area (Å²) in [5.41, 5.74) is 2.51. The molecule has 1 aromatic heterocycles. The molecule has 7 nitrogen and oxygen atoms in total. The van der Waals surface area contributed by atoms with Gasteiger partial charge in [-0.2, -0.15) is 0 Å². The second-order valence-corrected chi connectivity index (χ2v) is 10.3. The highest BCUT2D eigenvalue weighted by Gasteiger charge is 2.21. The first-order valence-electron chi connectivity index (χ1n) is 11.6. The smallest absolute Gasteiger partial charge is 0.250 e. The van der Waals surface area contributed by atoms with Crippen molar-refractivity contribution in [1.29, 1.82) is 0 Å². The number of anilines is 1. The second kappa shape index (κ2) is 10.8. The zero-order chi connectivity index (χ0) is 24.0. The summed E-state index contributed by atoms with van der Waals surface area (Å²) in [6.07, 6.45) is 14.8. The lowest BCUT2D eigenvalue weighted by atomic mass is 10.1. The summed E-state index contributed by atoms with van der Waals surface area (Å²) in [4.78, 5) is 18.4. The van der Waals surface area contributed by atoms with E-state index in [1.807, 2.05) is 35.0 Å². The Morgan fingerprint density at radius 1 is 1.03 bits per heavy atom. The molecule has 0 bridgehead atoms. The van der Waals surface area contributed by atoms with Gasteiger partial charge in [0, 0.05) is 42.9 Å². The molecule has 0 unspecified atom stereocenters. The van der Waals surface area contributed by atoms with Crippen LogP contribution < -0.4 is 9.62 Å². The number of likely N-dealkylation sites (N-methyl/N-ethyl adjacent to an activating group) is 1. The molecule has 1 aliphatic rings. The summed E-state index contributed by atoms with van der Waals surface area (Å²) in [5.74, 6) is -0.203. The maximum absolute atomic E-state index is 12.8. The predicted octanol–water partition coefficient (Wildman–Crippen LogP) is 4.55. The van der Waals surface area contributed by atoms with Crippen LogP contribution in [0.15, 0.2) is 78.2 Å². The maximum Gasteiger partial charge on any atom is 0.250 e. The monoisotopic (exact) mass is 478 g/mol. The third-order valence-electron chi connectivity index (χ3n) is 6.16. The molecule has 1 saturated carbocycles. The lowest BCUT2D eigenvalue weighted by molar-refractivity contribution is -0.113. The van der Waals surface area contributed by atoms with Crippen LogP contribution in [-0.4, -0.2) is 37.0 Å². The van der Waals surface area contributed by atoms with Crippen molar-refractivity contribution >= 4 is 27.7 Å². The van der Waals surface area contributed by atoms with Crippen molar-refractivity contribution in [2.75, 3.05) is 11.9 Å². The maximum atomic E-state index is 12.8. The van der Waals surface area contributed by atoms with Crippen LogP contribution in [0.25, 0.3) is 11.8 Å². The average molecular weight is 479 g/mol. The number of hydrogen-bond donors (Lipinski definition) is 1. The van der Waals surface area contributed by atoms with Gasteiger partial charge in [-0.15, -0.1) is 0 Å². The molecule has 3 aromatic rings. The highest BCUT2D eigenvalue weighted by atomic mass is 32.2. The van der Waals surface area contributed by atoms with Crippen LogP contribution in [0.1, 0.15) is 44.1 Å². The Kier molecular flexibility index (Phi) is 7.59. The van der Waals surface area contributed by atoms with Gasteiger partial charge in [0.1, 0.15) is 0 Å². The van der Waals surface area contributed by atoms with E-state index in [1.165, 1.54) is 23.8 Å². The van der Waals surface area contributed by atoms with Gasteiger partial charge in [-0.25, -0.2) is 18.1 Å². The van der Waals surface area contributed by atoms with Gasteiger partial charge in [-0.1, -0.05) is 37.8 Å². The number of amides is 1. The molecule has 1 fully saturated rings. The zero-order valence-corrected chi connectivity index (χ0v) is 20.1. The van der Waals surface area contributed by atoms with Gasteiger partial charge in [-0.05, 0) is 60.9 Å². The number of aromatic nitrogens is 2. The van der Waals surface area contributed by atoms with E-state index in [2.05, 4.69) is 9.71 Å². The van der Waals surface area contributed by atoms with Gasteiger partial charge in [0.2, 0.25) is 10.0 Å². The summed E-state index contributed by atoms with van der Waals surface area (Å²) in [7, 11) is -1.91. The molecule has 0 spiro atoms. The Bertz CT molecular complexity index is 1210. The van der Waals surface area contributed by atoms with Crippen LogP contribution in [0.5, 0.6) is 0 Å². The number of benzene rings is 2. The first kappa shape index (κ1) is 23.9. The first-order valence-corrected chi connectivity index (χ1v) is 13.1. The molecule has 34 heavy (non-hydrogen) atoms. The molecule has 1 N–H and O–H groups in total. The zero-order valence-electron chi connectivity index (χ0n) is 19.3. The van der Waals surface area contributed by atoms with Crippen LogP contribution in [0.3, 0.4) is 0 Å². The van der Waals surface area contributed by atoms with E-state index in [4.69, 9.17) is 0 Å². The quantitative estimate of drug-likeness (QED) is 0.399. The average Bonchev–Trinajstić information content (AvgIpc) is 3.28. The first-order chi connectivity index (χ1) is 16.4. The van der Waals surface area contributed by atoms with Crippen LogP contribution in [0, 0.1) is 0 Å². The normalized spacial score (nSPS) is 15.3. The summed E-state index contributed by atoms with van der Waals surface area (Å²) in [6.45, 7) is 0. The number of sulfonamides is 1. The van der Waals surface area contributed by atoms with Gasteiger partial charge in [0.05, 0.1) is 11.2 Å². The van der Waals surface area contributed by atoms with E-state index in [0.29, 0.717) is 5.69 Å². The van der Waals surface area contributed by atoms with Crippen LogP contribution >= 0.6 is 0 Å². The molecule has 0 saturated heterocycles. The number of carbonyl (C=O) groups is 1. The third-order valence-corrected chi connectivity index (χ3v) is 7.69. The Morgan fingerprint density at radius 2 is 1.71 bits per heavy atom. The van der Waals surface area contributed by atoms with E-state index in [0.717, 1.165) is 36.9 Å². The minimum Gasteiger partial charge on any atom is -0.312 e. The van der Waals surface area contributed by atoms with Crippen molar-refractivity contribution in [3.63, 3.8) is 0 Å². The standard InChI is InChI=1S/C26H30N4O3S/c1-29(26(31)17-10-21-8-11-24(12-9-21)30-19-18-27-20-30)23-13-15-25(16-14-23)34(32,33)28-22-6-4-2-3-5-7-22/h8-20,22,28H,2-7H2,1H3/b17-10+. The lowest BCUT2D eigenvalue weighted by Gasteiger charge is -2.18. The van der Waals surface area contributed by atoms with Gasteiger partial charge in [0.15, 0.2) is 0 Å². The predicted molar refractivity (Wildman–Crippen MR) is 134 cm³/mol. The molecule has 0 radical (unpaired) electrons. The van der Waals surface area contributed by atoms with E-state index in [1.54, 1.807) is 49.9 Å². The molecule has 1 aliphatic carbocycles. The molecule has 8 heteroatoms. The lowest BCUT2D eigenvalue weighted by Crippen LogP contribution is -2.34. The van der Waals surface area contributed by atoms with E-state index >= 15 is 0 Å². The van der Waals surface area contributed by atoms with Gasteiger partial charge < -0.3 is 9.47 Å². The summed E-state index contributed by atoms with van der Waals surface area (Å²) >= 11 is 0. The molecule has 0 atom stereocenters. The van der Waals surface area contributed by atoms with E-state index in [9.17, 15) is 13.2 Å². The van der Waals surface area contributed by atoms with Gasteiger partial charge >= 0.3 is 0 Å². The summed E-state index contributed by atoms with van der Waals surface area (Å²) in [5, 5.41) is 0. The molecule has 2 aromatic carbocycles. The molecule has 4 rings (SSSR count). The second-order valence-electron chi connectivity index (χ2n) is 8.60. The Morgan fingerprint density at radius 3 is 2.32 bits per heavy atom. The molecule has 1 heterocycles. The minimum atomic E-state index is -3.58. The van der Waals surface area contributed by atoms with Gasteiger partial charge in [-0.3, -0.25) is 4.79 Å². The Hall–Kier alpha value is -3.23. The number of rotatable bonds is 7. The molecule has 1 amide bonds. The van der Waals surface area contributed by atoms with Crippen LogP contribution in [-0.2, 0) is 14.8 Å². The topological polar surface area (TPSA) is 84.3 Å². The molecule has 178 valence electrons. The van der Waals surface area contributed by atoms with Crippen LogP contribution in [0.4, 0.5) is 5.69 Å². The van der Waals surface area contributed by atoms with Crippen molar-refractivity contribution in [1.82, 2.24) is 14.3 Å².